The van der Waals surface area contributed by atoms with Crippen LogP contribution in [0.4, 0.5) is 8.78 Å². The number of nitrogens with one attached hydrogen (secondary N) is 1. The maximum atomic E-state index is 13.4. The summed E-state index contributed by atoms with van der Waals surface area (Å²) in [4.78, 5) is 12.0. The van der Waals surface area contributed by atoms with E-state index >= 15 is 0 Å². The number of hydrazone groups is 1. The molecule has 0 saturated heterocycles. The van der Waals surface area contributed by atoms with Gasteiger partial charge in [0.05, 0.1) is 26.0 Å². The maximum absolute atomic E-state index is 13.4. The van der Waals surface area contributed by atoms with Gasteiger partial charge in [-0.3, -0.25) is 4.79 Å². The molecule has 0 unspecified atom stereocenters. The third-order valence-electron chi connectivity index (χ3n) is 2.97. The molecule has 0 aliphatic rings. The molecule has 5 nitrogen and oxygen atoms in total. The maximum Gasteiger partial charge on any atom is 0.271 e. The lowest BCUT2D eigenvalue weighted by atomic mass is 10.2. The average Bonchev–Trinajstić information content (AvgIpc) is 2.56. The molecule has 1 amide bonds. The van der Waals surface area contributed by atoms with Gasteiger partial charge in [-0.1, -0.05) is 6.07 Å². The van der Waals surface area contributed by atoms with Crippen molar-refractivity contribution in [2.24, 2.45) is 5.10 Å². The zero-order valence-electron chi connectivity index (χ0n) is 12.5. The number of methoxy groups -OCH3 is 2. The number of ether oxygens (including phenoxy) is 2. The van der Waals surface area contributed by atoms with Gasteiger partial charge in [-0.05, 0) is 24.3 Å². The van der Waals surface area contributed by atoms with Crippen LogP contribution in [0.1, 0.15) is 15.9 Å². The molecule has 1 N–H and O–H groups in total. The number of benzene rings is 2. The van der Waals surface area contributed by atoms with Crippen LogP contribution in [0, 0.1) is 11.6 Å². The smallest absolute Gasteiger partial charge is 0.271 e. The van der Waals surface area contributed by atoms with Crippen molar-refractivity contribution >= 4 is 12.1 Å². The number of hydrogen-bond donors (Lipinski definition) is 1. The fraction of sp³-hybridized carbons (Fsp3) is 0.125. The van der Waals surface area contributed by atoms with Crippen molar-refractivity contribution in [3.05, 3.63) is 59.2 Å². The molecule has 0 aliphatic carbocycles. The Morgan fingerprint density at radius 2 is 1.65 bits per heavy atom. The standard InChI is InChI=1S/C16H14F2N2O3/c1-22-11-6-10(7-12(8-11)23-2)16(21)20-19-9-13-14(17)4-3-5-15(13)18/h3-9H,1-2H3,(H,20,21)/b19-9-. The van der Waals surface area contributed by atoms with Crippen molar-refractivity contribution in [3.8, 4) is 11.5 Å². The average molecular weight is 320 g/mol. The molecule has 0 heterocycles. The van der Waals surface area contributed by atoms with E-state index in [1.807, 2.05) is 0 Å². The van der Waals surface area contributed by atoms with Crippen molar-refractivity contribution in [1.29, 1.82) is 0 Å². The largest absolute Gasteiger partial charge is 0.497 e. The lowest BCUT2D eigenvalue weighted by Gasteiger charge is -2.07. The second-order valence-electron chi connectivity index (χ2n) is 4.44. The predicted octanol–water partition coefficient (Wildman–Crippen LogP) is 2.75. The van der Waals surface area contributed by atoms with E-state index in [-0.39, 0.29) is 11.1 Å². The summed E-state index contributed by atoms with van der Waals surface area (Å²) in [6.45, 7) is 0. The van der Waals surface area contributed by atoms with Gasteiger partial charge in [0.15, 0.2) is 0 Å². The first kappa shape index (κ1) is 16.4. The Balaban J connectivity index is 2.15. The molecule has 0 bridgehead atoms. The SMILES string of the molecule is COc1cc(OC)cc(C(=O)N/N=C\c2c(F)cccc2F)c1. The van der Waals surface area contributed by atoms with Crippen LogP contribution in [0.15, 0.2) is 41.5 Å². The lowest BCUT2D eigenvalue weighted by molar-refractivity contribution is 0.0954. The molecule has 7 heteroatoms. The Morgan fingerprint density at radius 3 is 2.17 bits per heavy atom. The van der Waals surface area contributed by atoms with Crippen LogP contribution < -0.4 is 14.9 Å². The predicted molar refractivity (Wildman–Crippen MR) is 81.0 cm³/mol. The van der Waals surface area contributed by atoms with Gasteiger partial charge in [0, 0.05) is 11.6 Å². The summed E-state index contributed by atoms with van der Waals surface area (Å²) in [6.07, 6.45) is 0.903. The fourth-order valence-corrected chi connectivity index (χ4v) is 1.79. The molecule has 0 saturated carbocycles. The molecular formula is C16H14F2N2O3. The van der Waals surface area contributed by atoms with E-state index in [2.05, 4.69) is 10.5 Å². The summed E-state index contributed by atoms with van der Waals surface area (Å²) in [7, 11) is 2.91. The molecule has 2 aromatic rings. The lowest BCUT2D eigenvalue weighted by Crippen LogP contribution is -2.18. The third-order valence-corrected chi connectivity index (χ3v) is 2.97. The van der Waals surface area contributed by atoms with Gasteiger partial charge in [0.1, 0.15) is 23.1 Å². The van der Waals surface area contributed by atoms with Crippen LogP contribution in [-0.4, -0.2) is 26.3 Å². The molecule has 120 valence electrons. The van der Waals surface area contributed by atoms with Gasteiger partial charge in [-0.2, -0.15) is 5.10 Å². The topological polar surface area (TPSA) is 59.9 Å². The van der Waals surface area contributed by atoms with E-state index in [9.17, 15) is 13.6 Å². The van der Waals surface area contributed by atoms with Gasteiger partial charge < -0.3 is 9.47 Å². The molecule has 2 rings (SSSR count). The fourth-order valence-electron chi connectivity index (χ4n) is 1.79. The minimum absolute atomic E-state index is 0.229. The Morgan fingerprint density at radius 1 is 1.09 bits per heavy atom. The summed E-state index contributed by atoms with van der Waals surface area (Å²) in [5.74, 6) is -1.26. The molecule has 0 aliphatic heterocycles. The van der Waals surface area contributed by atoms with E-state index in [1.54, 1.807) is 6.07 Å². The molecule has 0 atom stereocenters. The van der Waals surface area contributed by atoms with Crippen molar-refractivity contribution in [2.45, 2.75) is 0 Å². The first-order valence-corrected chi connectivity index (χ1v) is 6.55. The minimum atomic E-state index is -0.772. The number of amides is 1. The van der Waals surface area contributed by atoms with E-state index in [0.717, 1.165) is 18.3 Å². The summed E-state index contributed by atoms with van der Waals surface area (Å²) in [6, 6.07) is 8.00. The Bertz CT molecular complexity index is 706. The molecule has 23 heavy (non-hydrogen) atoms. The highest BCUT2D eigenvalue weighted by Crippen LogP contribution is 2.22. The van der Waals surface area contributed by atoms with E-state index in [0.29, 0.717) is 11.5 Å². The van der Waals surface area contributed by atoms with Crippen molar-refractivity contribution < 1.29 is 23.0 Å². The first-order chi connectivity index (χ1) is 11.0. The van der Waals surface area contributed by atoms with Crippen LogP contribution in [0.3, 0.4) is 0 Å². The van der Waals surface area contributed by atoms with Crippen LogP contribution in [-0.2, 0) is 0 Å². The normalized spacial score (nSPS) is 10.6. The molecule has 2 aromatic carbocycles. The summed E-state index contributed by atoms with van der Waals surface area (Å²) >= 11 is 0. The second-order valence-corrected chi connectivity index (χ2v) is 4.44. The van der Waals surface area contributed by atoms with Crippen LogP contribution in [0.2, 0.25) is 0 Å². The minimum Gasteiger partial charge on any atom is -0.497 e. The zero-order chi connectivity index (χ0) is 16.8. The monoisotopic (exact) mass is 320 g/mol. The Labute approximate surface area is 131 Å². The number of carbonyl (C=O) groups is 1. The Hall–Kier alpha value is -2.96. The summed E-state index contributed by atoms with van der Waals surface area (Å²) < 4.78 is 36.9. The summed E-state index contributed by atoms with van der Waals surface area (Å²) in [5, 5.41) is 3.56. The van der Waals surface area contributed by atoms with Gasteiger partial charge in [-0.15, -0.1) is 0 Å². The van der Waals surface area contributed by atoms with Gasteiger partial charge >= 0.3 is 0 Å². The third kappa shape index (κ3) is 4.03. The van der Waals surface area contributed by atoms with E-state index < -0.39 is 17.5 Å². The number of hydrogen-bond acceptors (Lipinski definition) is 4. The van der Waals surface area contributed by atoms with Crippen molar-refractivity contribution in [2.75, 3.05) is 14.2 Å². The Kier molecular flexibility index (Phi) is 5.24. The number of nitrogens with zero attached hydrogens (tertiary/aromatic N) is 1. The molecule has 0 radical (unpaired) electrons. The van der Waals surface area contributed by atoms with E-state index in [1.165, 1.54) is 32.4 Å². The molecule has 0 spiro atoms. The molecule has 0 aromatic heterocycles. The van der Waals surface area contributed by atoms with Crippen molar-refractivity contribution in [3.63, 3.8) is 0 Å². The van der Waals surface area contributed by atoms with Gasteiger partial charge in [-0.25, -0.2) is 14.2 Å². The first-order valence-electron chi connectivity index (χ1n) is 6.55. The number of halogens is 2. The highest BCUT2D eigenvalue weighted by atomic mass is 19.1. The number of rotatable bonds is 5. The number of carbonyl (C=O) groups excluding carboxylic acids is 1. The highest BCUT2D eigenvalue weighted by molar-refractivity contribution is 5.95. The highest BCUT2D eigenvalue weighted by Gasteiger charge is 2.10. The van der Waals surface area contributed by atoms with Crippen LogP contribution in [0.25, 0.3) is 0 Å². The molecular weight excluding hydrogens is 306 g/mol. The van der Waals surface area contributed by atoms with E-state index in [4.69, 9.17) is 9.47 Å². The van der Waals surface area contributed by atoms with Crippen LogP contribution >= 0.6 is 0 Å². The van der Waals surface area contributed by atoms with Crippen molar-refractivity contribution in [1.82, 2.24) is 5.43 Å². The molecule has 0 fully saturated rings. The summed E-state index contributed by atoms with van der Waals surface area (Å²) in [5.41, 5.74) is 2.08. The van der Waals surface area contributed by atoms with Crippen LogP contribution in [0.5, 0.6) is 11.5 Å². The van der Waals surface area contributed by atoms with Gasteiger partial charge in [0.2, 0.25) is 0 Å². The second kappa shape index (κ2) is 7.35. The quantitative estimate of drug-likeness (QED) is 0.681. The zero-order valence-corrected chi connectivity index (χ0v) is 12.5. The van der Waals surface area contributed by atoms with Gasteiger partial charge in [0.25, 0.3) is 5.91 Å².